The van der Waals surface area contributed by atoms with Crippen LogP contribution < -0.4 is 24.8 Å². The third-order valence-electron chi connectivity index (χ3n) is 7.32. The molecule has 2 atom stereocenters. The molecule has 0 radical (unpaired) electrons. The standard InChI is InChI=1S/C26H34F4N6O5S/c1-4-42(38,39)35-19-6-5-7-21(19)41-24-17(26(28,29)30)14-31-25(34-24)33-20-13-18(27)16(12-22(20)40-3)23(37)32-15-8-10-36(2)11-9-15/h12-15,19,21,35H,4-11H2,1-3H3,(H,32,37)(H,31,33,34)/t19-,21-/m1/s1. The lowest BCUT2D eigenvalue weighted by Gasteiger charge is -2.29. The van der Waals surface area contributed by atoms with Gasteiger partial charge in [-0.05, 0) is 65.2 Å². The molecular formula is C26H34F4N6O5S. The van der Waals surface area contributed by atoms with E-state index in [-0.39, 0.29) is 34.7 Å². The maximum Gasteiger partial charge on any atom is 0.423 e. The number of halogens is 4. The predicted octanol–water partition coefficient (Wildman–Crippen LogP) is 3.45. The number of benzene rings is 1. The Morgan fingerprint density at radius 1 is 1.17 bits per heavy atom. The Morgan fingerprint density at radius 3 is 2.52 bits per heavy atom. The van der Waals surface area contributed by atoms with Gasteiger partial charge in [0.2, 0.25) is 21.9 Å². The van der Waals surface area contributed by atoms with Crippen LogP contribution in [0.5, 0.6) is 11.6 Å². The maximum absolute atomic E-state index is 15.1. The van der Waals surface area contributed by atoms with Gasteiger partial charge in [-0.1, -0.05) is 0 Å². The Bertz CT molecular complexity index is 1390. The zero-order valence-electron chi connectivity index (χ0n) is 23.4. The van der Waals surface area contributed by atoms with Crippen molar-refractivity contribution in [2.75, 3.05) is 38.3 Å². The summed E-state index contributed by atoms with van der Waals surface area (Å²) in [7, 11) is -0.358. The van der Waals surface area contributed by atoms with E-state index in [1.807, 2.05) is 7.05 Å². The Hall–Kier alpha value is -3.24. The van der Waals surface area contributed by atoms with E-state index in [0.717, 1.165) is 32.0 Å². The number of aromatic nitrogens is 2. The molecule has 1 saturated carbocycles. The Morgan fingerprint density at radius 2 is 1.88 bits per heavy atom. The van der Waals surface area contributed by atoms with Crippen molar-refractivity contribution in [3.05, 3.63) is 35.3 Å². The number of piperidine rings is 1. The van der Waals surface area contributed by atoms with Crippen molar-refractivity contribution in [1.82, 2.24) is 24.9 Å². The summed E-state index contributed by atoms with van der Waals surface area (Å²) < 4.78 is 93.9. The summed E-state index contributed by atoms with van der Waals surface area (Å²) in [6, 6.07) is 1.32. The van der Waals surface area contributed by atoms with E-state index in [2.05, 4.69) is 30.2 Å². The third kappa shape index (κ3) is 7.77. The molecule has 0 unspecified atom stereocenters. The van der Waals surface area contributed by atoms with Crippen molar-refractivity contribution < 1.29 is 40.2 Å². The van der Waals surface area contributed by atoms with Crippen molar-refractivity contribution in [3.8, 4) is 11.6 Å². The first-order valence-electron chi connectivity index (χ1n) is 13.5. The molecule has 1 aliphatic carbocycles. The number of rotatable bonds is 10. The maximum atomic E-state index is 15.1. The number of carbonyl (C=O) groups is 1. The largest absolute Gasteiger partial charge is 0.495 e. The van der Waals surface area contributed by atoms with E-state index < -0.39 is 51.5 Å². The molecule has 16 heteroatoms. The van der Waals surface area contributed by atoms with Gasteiger partial charge < -0.3 is 25.0 Å². The zero-order valence-corrected chi connectivity index (χ0v) is 24.2. The molecule has 2 aromatic rings. The fourth-order valence-corrected chi connectivity index (χ4v) is 5.80. The van der Waals surface area contributed by atoms with E-state index in [1.54, 1.807) is 0 Å². The molecule has 2 fully saturated rings. The van der Waals surface area contributed by atoms with Gasteiger partial charge in [0.1, 0.15) is 23.2 Å². The highest BCUT2D eigenvalue weighted by Gasteiger charge is 2.39. The average Bonchev–Trinajstić information content (AvgIpc) is 3.35. The number of sulfonamides is 1. The SMILES string of the molecule is CCS(=O)(=O)N[C@@H]1CCC[C@H]1Oc1nc(Nc2cc(F)c(C(=O)NC3CCN(C)CC3)cc2OC)ncc1C(F)(F)F. The quantitative estimate of drug-likeness (QED) is 0.342. The summed E-state index contributed by atoms with van der Waals surface area (Å²) in [5.74, 6) is -2.82. The summed E-state index contributed by atoms with van der Waals surface area (Å²) in [5, 5.41) is 5.46. The smallest absolute Gasteiger partial charge is 0.423 e. The lowest BCUT2D eigenvalue weighted by molar-refractivity contribution is -0.140. The Kier molecular flexibility index (Phi) is 9.77. The highest BCUT2D eigenvalue weighted by atomic mass is 32.2. The van der Waals surface area contributed by atoms with Crippen molar-refractivity contribution in [1.29, 1.82) is 0 Å². The van der Waals surface area contributed by atoms with Gasteiger partial charge in [-0.3, -0.25) is 4.79 Å². The number of hydrogen-bond acceptors (Lipinski definition) is 9. The van der Waals surface area contributed by atoms with Gasteiger partial charge >= 0.3 is 6.18 Å². The van der Waals surface area contributed by atoms with Crippen LogP contribution in [0.1, 0.15) is 54.9 Å². The Labute approximate surface area is 241 Å². The molecule has 1 amide bonds. The molecular weight excluding hydrogens is 584 g/mol. The second-order valence-electron chi connectivity index (χ2n) is 10.3. The second kappa shape index (κ2) is 13.0. The molecule has 11 nitrogen and oxygen atoms in total. The van der Waals surface area contributed by atoms with Crippen molar-refractivity contribution in [2.45, 2.75) is 63.4 Å². The number of nitrogens with one attached hydrogen (secondary N) is 3. The van der Waals surface area contributed by atoms with Crippen molar-refractivity contribution >= 4 is 27.6 Å². The number of carbonyl (C=O) groups excluding carboxylic acids is 1. The van der Waals surface area contributed by atoms with E-state index in [4.69, 9.17) is 9.47 Å². The minimum Gasteiger partial charge on any atom is -0.495 e. The van der Waals surface area contributed by atoms with Crippen LogP contribution in [-0.4, -0.2) is 80.4 Å². The zero-order chi connectivity index (χ0) is 30.7. The predicted molar refractivity (Wildman–Crippen MR) is 146 cm³/mol. The summed E-state index contributed by atoms with van der Waals surface area (Å²) in [6.07, 6.45) is -2.56. The molecule has 42 heavy (non-hydrogen) atoms. The van der Waals surface area contributed by atoms with Crippen LogP contribution in [0.15, 0.2) is 18.3 Å². The number of nitrogens with zero attached hydrogens (tertiary/aromatic N) is 3. The van der Waals surface area contributed by atoms with Crippen LogP contribution in [0.25, 0.3) is 0 Å². The monoisotopic (exact) mass is 618 g/mol. The van der Waals surface area contributed by atoms with E-state index in [0.29, 0.717) is 25.5 Å². The molecule has 1 aromatic heterocycles. The topological polar surface area (TPSA) is 135 Å². The van der Waals surface area contributed by atoms with Gasteiger partial charge in [0, 0.05) is 18.3 Å². The molecule has 1 aromatic carbocycles. The van der Waals surface area contributed by atoms with Crippen LogP contribution in [0, 0.1) is 5.82 Å². The Balaban J connectivity index is 1.56. The third-order valence-corrected chi connectivity index (χ3v) is 8.74. The lowest BCUT2D eigenvalue weighted by Crippen LogP contribution is -2.43. The lowest BCUT2D eigenvalue weighted by atomic mass is 10.0. The van der Waals surface area contributed by atoms with Gasteiger partial charge in [0.25, 0.3) is 5.91 Å². The van der Waals surface area contributed by atoms with Crippen LogP contribution >= 0.6 is 0 Å². The van der Waals surface area contributed by atoms with E-state index >= 15 is 4.39 Å². The number of likely N-dealkylation sites (tertiary alicyclic amines) is 1. The first-order chi connectivity index (χ1) is 19.8. The number of amides is 1. The minimum atomic E-state index is -4.86. The first kappa shape index (κ1) is 31.7. The second-order valence-corrected chi connectivity index (χ2v) is 12.4. The molecule has 0 bridgehead atoms. The van der Waals surface area contributed by atoms with Crippen molar-refractivity contribution in [2.24, 2.45) is 0 Å². The summed E-state index contributed by atoms with van der Waals surface area (Å²) in [5.41, 5.74) is -1.54. The minimum absolute atomic E-state index is 0.0284. The van der Waals surface area contributed by atoms with Crippen LogP contribution in [-0.2, 0) is 16.2 Å². The fraction of sp³-hybridized carbons (Fsp3) is 0.577. The average molecular weight is 619 g/mol. The summed E-state index contributed by atoms with van der Waals surface area (Å²) in [6.45, 7) is 3.05. The molecule has 232 valence electrons. The van der Waals surface area contributed by atoms with Crippen LogP contribution in [0.4, 0.5) is 29.2 Å². The van der Waals surface area contributed by atoms with Crippen molar-refractivity contribution in [3.63, 3.8) is 0 Å². The van der Waals surface area contributed by atoms with E-state index in [9.17, 15) is 26.4 Å². The van der Waals surface area contributed by atoms with Crippen LogP contribution in [0.3, 0.4) is 0 Å². The number of ether oxygens (including phenoxy) is 2. The highest BCUT2D eigenvalue weighted by Crippen LogP contribution is 2.38. The van der Waals surface area contributed by atoms with Gasteiger partial charge in [0.05, 0.1) is 30.2 Å². The molecule has 3 N–H and O–H groups in total. The summed E-state index contributed by atoms with van der Waals surface area (Å²) >= 11 is 0. The fourth-order valence-electron chi connectivity index (χ4n) is 4.90. The highest BCUT2D eigenvalue weighted by molar-refractivity contribution is 7.89. The normalized spacial score (nSPS) is 20.4. The molecule has 4 rings (SSSR count). The number of methoxy groups -OCH3 is 1. The summed E-state index contributed by atoms with van der Waals surface area (Å²) in [4.78, 5) is 22.5. The van der Waals surface area contributed by atoms with Gasteiger partial charge in [0.15, 0.2) is 0 Å². The number of hydrogen-bond donors (Lipinski definition) is 3. The van der Waals surface area contributed by atoms with Gasteiger partial charge in [-0.25, -0.2) is 22.5 Å². The van der Waals surface area contributed by atoms with Gasteiger partial charge in [-0.2, -0.15) is 18.2 Å². The molecule has 1 saturated heterocycles. The first-order valence-corrected chi connectivity index (χ1v) is 15.2. The molecule has 1 aliphatic heterocycles. The van der Waals surface area contributed by atoms with Crippen LogP contribution in [0.2, 0.25) is 0 Å². The number of anilines is 2. The molecule has 0 spiro atoms. The van der Waals surface area contributed by atoms with Gasteiger partial charge in [-0.15, -0.1) is 0 Å². The number of alkyl halides is 3. The molecule has 2 heterocycles. The van der Waals surface area contributed by atoms with E-state index in [1.165, 1.54) is 20.1 Å². The molecule has 2 aliphatic rings.